The smallest absolute Gasteiger partial charge is 0.128 e. The van der Waals surface area contributed by atoms with Gasteiger partial charge in [0.25, 0.3) is 0 Å². The zero-order valence-corrected chi connectivity index (χ0v) is 14.1. The van der Waals surface area contributed by atoms with Gasteiger partial charge in [0.05, 0.1) is 18.5 Å². The standard InChI is InChI=1S/C18H23N3O2/c1-11-5-6-14(16(7-11)23-4)17-12(2)8-15(19-20-17)18(22)13-9-21(3)10-13/h5-8,13,18,22H,9-10H2,1-4H3. The molecule has 122 valence electrons. The average Bonchev–Trinajstić information content (AvgIpc) is 2.51. The van der Waals surface area contributed by atoms with Gasteiger partial charge >= 0.3 is 0 Å². The lowest BCUT2D eigenvalue weighted by Gasteiger charge is -2.38. The van der Waals surface area contributed by atoms with Gasteiger partial charge in [0.2, 0.25) is 0 Å². The van der Waals surface area contributed by atoms with Crippen LogP contribution in [0.15, 0.2) is 24.3 Å². The third kappa shape index (κ3) is 3.07. The van der Waals surface area contributed by atoms with Crippen LogP contribution < -0.4 is 4.74 Å². The SMILES string of the molecule is COc1cc(C)ccc1-c1nnc(C(O)C2CN(C)C2)cc1C. The van der Waals surface area contributed by atoms with E-state index < -0.39 is 6.10 Å². The van der Waals surface area contributed by atoms with Gasteiger partial charge in [-0.2, -0.15) is 5.10 Å². The second-order valence-corrected chi connectivity index (χ2v) is 6.43. The zero-order valence-electron chi connectivity index (χ0n) is 14.1. The van der Waals surface area contributed by atoms with Gasteiger partial charge in [0.1, 0.15) is 11.9 Å². The molecule has 0 aliphatic carbocycles. The number of benzene rings is 1. The lowest BCUT2D eigenvalue weighted by Crippen LogP contribution is -2.46. The number of ether oxygens (including phenoxy) is 1. The van der Waals surface area contributed by atoms with Gasteiger partial charge in [-0.1, -0.05) is 6.07 Å². The molecular weight excluding hydrogens is 290 g/mol. The van der Waals surface area contributed by atoms with Gasteiger partial charge < -0.3 is 14.7 Å². The first-order chi connectivity index (χ1) is 11.0. The van der Waals surface area contributed by atoms with Crippen molar-refractivity contribution in [1.82, 2.24) is 15.1 Å². The molecule has 5 heteroatoms. The molecule has 1 aromatic carbocycles. The number of aryl methyl sites for hydroxylation is 2. The summed E-state index contributed by atoms with van der Waals surface area (Å²) in [4.78, 5) is 2.18. The summed E-state index contributed by atoms with van der Waals surface area (Å²) in [5, 5.41) is 19.1. The number of hydrogen-bond donors (Lipinski definition) is 1. The van der Waals surface area contributed by atoms with Gasteiger partial charge in [-0.15, -0.1) is 5.10 Å². The molecule has 1 N–H and O–H groups in total. The highest BCUT2D eigenvalue weighted by Gasteiger charge is 2.32. The van der Waals surface area contributed by atoms with Crippen molar-refractivity contribution < 1.29 is 9.84 Å². The Morgan fingerprint density at radius 2 is 1.96 bits per heavy atom. The Hall–Kier alpha value is -1.98. The summed E-state index contributed by atoms with van der Waals surface area (Å²) in [5.74, 6) is 1.03. The van der Waals surface area contributed by atoms with Crippen molar-refractivity contribution in [1.29, 1.82) is 0 Å². The van der Waals surface area contributed by atoms with Gasteiger partial charge in [-0.05, 0) is 50.2 Å². The van der Waals surface area contributed by atoms with Crippen molar-refractivity contribution >= 4 is 0 Å². The zero-order chi connectivity index (χ0) is 16.6. The molecule has 5 nitrogen and oxygen atoms in total. The molecule has 23 heavy (non-hydrogen) atoms. The number of nitrogens with zero attached hydrogens (tertiary/aromatic N) is 3. The van der Waals surface area contributed by atoms with Crippen molar-refractivity contribution in [3.8, 4) is 17.0 Å². The highest BCUT2D eigenvalue weighted by molar-refractivity contribution is 5.70. The van der Waals surface area contributed by atoms with Crippen LogP contribution in [0.2, 0.25) is 0 Å². The average molecular weight is 313 g/mol. The summed E-state index contributed by atoms with van der Waals surface area (Å²) in [6, 6.07) is 7.96. The maximum Gasteiger partial charge on any atom is 0.128 e. The molecule has 1 aromatic heterocycles. The molecule has 0 spiro atoms. The summed E-state index contributed by atoms with van der Waals surface area (Å²) < 4.78 is 5.47. The summed E-state index contributed by atoms with van der Waals surface area (Å²) in [6.07, 6.45) is -0.550. The quantitative estimate of drug-likeness (QED) is 0.939. The Morgan fingerprint density at radius 3 is 2.57 bits per heavy atom. The molecular formula is C18H23N3O2. The van der Waals surface area contributed by atoms with Crippen LogP contribution in [-0.2, 0) is 0 Å². The molecule has 1 aliphatic heterocycles. The first kappa shape index (κ1) is 15.9. The molecule has 1 fully saturated rings. The number of aromatic nitrogens is 2. The molecule has 1 unspecified atom stereocenters. The van der Waals surface area contributed by atoms with E-state index in [2.05, 4.69) is 15.1 Å². The van der Waals surface area contributed by atoms with Gasteiger partial charge in [-0.3, -0.25) is 0 Å². The third-order valence-corrected chi connectivity index (χ3v) is 4.46. The molecule has 0 radical (unpaired) electrons. The van der Waals surface area contributed by atoms with Crippen LogP contribution in [0, 0.1) is 19.8 Å². The van der Waals surface area contributed by atoms with E-state index in [1.807, 2.05) is 45.2 Å². The fourth-order valence-corrected chi connectivity index (χ4v) is 3.10. The molecule has 0 amide bonds. The van der Waals surface area contributed by atoms with Crippen molar-refractivity contribution in [3.05, 3.63) is 41.1 Å². The van der Waals surface area contributed by atoms with Crippen LogP contribution in [0.3, 0.4) is 0 Å². The Bertz CT molecular complexity index is 711. The highest BCUT2D eigenvalue weighted by atomic mass is 16.5. The topological polar surface area (TPSA) is 58.5 Å². The molecule has 1 aliphatic rings. The van der Waals surface area contributed by atoms with E-state index in [0.29, 0.717) is 5.69 Å². The van der Waals surface area contributed by atoms with Crippen molar-refractivity contribution in [2.45, 2.75) is 20.0 Å². The minimum Gasteiger partial charge on any atom is -0.496 e. The number of methoxy groups -OCH3 is 1. The Kier molecular flexibility index (Phi) is 4.33. The summed E-state index contributed by atoms with van der Waals surface area (Å²) in [5.41, 5.74) is 4.49. The van der Waals surface area contributed by atoms with E-state index >= 15 is 0 Å². The molecule has 0 saturated carbocycles. The lowest BCUT2D eigenvalue weighted by atomic mass is 9.91. The van der Waals surface area contributed by atoms with Crippen molar-refractivity contribution in [3.63, 3.8) is 0 Å². The molecule has 1 saturated heterocycles. The predicted octanol–water partition coefficient (Wildman–Crippen LogP) is 2.36. The third-order valence-electron chi connectivity index (χ3n) is 4.46. The van der Waals surface area contributed by atoms with E-state index in [1.165, 1.54) is 0 Å². The van der Waals surface area contributed by atoms with Gasteiger partial charge in [0.15, 0.2) is 0 Å². The van der Waals surface area contributed by atoms with E-state index in [1.54, 1.807) is 7.11 Å². The van der Waals surface area contributed by atoms with Gasteiger partial charge in [-0.25, -0.2) is 0 Å². The Morgan fingerprint density at radius 1 is 1.22 bits per heavy atom. The predicted molar refractivity (Wildman–Crippen MR) is 89.4 cm³/mol. The number of hydrogen-bond acceptors (Lipinski definition) is 5. The fraction of sp³-hybridized carbons (Fsp3) is 0.444. The van der Waals surface area contributed by atoms with E-state index in [0.717, 1.165) is 41.2 Å². The number of rotatable bonds is 4. The van der Waals surface area contributed by atoms with Crippen molar-refractivity contribution in [2.24, 2.45) is 5.92 Å². The summed E-state index contributed by atoms with van der Waals surface area (Å²) in [6.45, 7) is 5.82. The molecule has 3 rings (SSSR count). The molecule has 0 bridgehead atoms. The second kappa shape index (κ2) is 6.26. The Labute approximate surface area is 136 Å². The maximum atomic E-state index is 10.4. The first-order valence-corrected chi connectivity index (χ1v) is 7.85. The molecule has 2 aromatic rings. The van der Waals surface area contributed by atoms with E-state index in [9.17, 15) is 5.11 Å². The summed E-state index contributed by atoms with van der Waals surface area (Å²) in [7, 11) is 3.71. The van der Waals surface area contributed by atoms with Crippen LogP contribution in [-0.4, -0.2) is 47.5 Å². The van der Waals surface area contributed by atoms with Crippen LogP contribution in [0.1, 0.15) is 22.9 Å². The lowest BCUT2D eigenvalue weighted by molar-refractivity contribution is 0.00618. The first-order valence-electron chi connectivity index (χ1n) is 7.85. The molecule has 1 atom stereocenters. The normalized spacial score (nSPS) is 16.9. The minimum absolute atomic E-state index is 0.244. The van der Waals surface area contributed by atoms with Crippen LogP contribution in [0.5, 0.6) is 5.75 Å². The van der Waals surface area contributed by atoms with Crippen LogP contribution in [0.25, 0.3) is 11.3 Å². The molecule has 2 heterocycles. The fourth-order valence-electron chi connectivity index (χ4n) is 3.10. The van der Waals surface area contributed by atoms with Crippen LogP contribution in [0.4, 0.5) is 0 Å². The van der Waals surface area contributed by atoms with Crippen molar-refractivity contribution in [2.75, 3.05) is 27.2 Å². The van der Waals surface area contributed by atoms with Gasteiger partial charge in [0, 0.05) is 24.6 Å². The number of aliphatic hydroxyl groups is 1. The maximum absolute atomic E-state index is 10.4. The van der Waals surface area contributed by atoms with Crippen LogP contribution >= 0.6 is 0 Å². The number of likely N-dealkylation sites (tertiary alicyclic amines) is 1. The van der Waals surface area contributed by atoms with E-state index in [-0.39, 0.29) is 5.92 Å². The summed E-state index contributed by atoms with van der Waals surface area (Å²) >= 11 is 0. The second-order valence-electron chi connectivity index (χ2n) is 6.43. The monoisotopic (exact) mass is 313 g/mol. The number of aliphatic hydroxyl groups excluding tert-OH is 1. The van der Waals surface area contributed by atoms with E-state index in [4.69, 9.17) is 4.74 Å². The Balaban J connectivity index is 1.91. The largest absolute Gasteiger partial charge is 0.496 e. The minimum atomic E-state index is -0.550. The highest BCUT2D eigenvalue weighted by Crippen LogP contribution is 2.33.